The average Bonchev–Trinajstić information content (AvgIpc) is 2.28. The number of aliphatic hydroxyl groups is 1. The minimum Gasteiger partial charge on any atom is -0.486 e. The molecule has 86 valence electrons. The van der Waals surface area contributed by atoms with Crippen LogP contribution in [0.2, 0.25) is 0 Å². The maximum absolute atomic E-state index is 11.3. The number of benzene rings is 1. The lowest BCUT2D eigenvalue weighted by atomic mass is 9.94. The lowest BCUT2D eigenvalue weighted by Crippen LogP contribution is -2.52. The Bertz CT molecular complexity index is 411. The van der Waals surface area contributed by atoms with Crippen LogP contribution in [-0.4, -0.2) is 29.2 Å². The average molecular weight is 222 g/mol. The molecule has 0 saturated carbocycles. The number of hydrogen-bond donors (Lipinski definition) is 1. The van der Waals surface area contributed by atoms with Gasteiger partial charge in [-0.15, -0.1) is 0 Å². The zero-order chi connectivity index (χ0) is 11.8. The van der Waals surface area contributed by atoms with Crippen LogP contribution in [0.3, 0.4) is 0 Å². The van der Waals surface area contributed by atoms with Crippen molar-refractivity contribution in [3.63, 3.8) is 0 Å². The molecule has 2 atom stereocenters. The Morgan fingerprint density at radius 2 is 2.06 bits per heavy atom. The number of ether oxygens (including phenoxy) is 2. The second-order valence-electron chi connectivity index (χ2n) is 4.07. The van der Waals surface area contributed by atoms with Gasteiger partial charge in [-0.05, 0) is 26.0 Å². The summed E-state index contributed by atoms with van der Waals surface area (Å²) in [6.07, 6.45) is -0.667. The predicted octanol–water partition coefficient (Wildman–Crippen LogP) is 1.17. The zero-order valence-electron chi connectivity index (χ0n) is 9.27. The molecule has 1 heterocycles. The van der Waals surface area contributed by atoms with Crippen molar-refractivity contribution in [3.8, 4) is 11.5 Å². The second-order valence-corrected chi connectivity index (χ2v) is 4.07. The minimum absolute atomic E-state index is 0.170. The van der Waals surface area contributed by atoms with E-state index >= 15 is 0 Å². The van der Waals surface area contributed by atoms with Crippen molar-refractivity contribution in [3.05, 3.63) is 24.3 Å². The Labute approximate surface area is 93.8 Å². The summed E-state index contributed by atoms with van der Waals surface area (Å²) in [6.45, 7) is 2.95. The van der Waals surface area contributed by atoms with E-state index in [0.29, 0.717) is 11.5 Å². The van der Waals surface area contributed by atoms with Gasteiger partial charge in [0.25, 0.3) is 0 Å². The van der Waals surface area contributed by atoms with Crippen molar-refractivity contribution in [2.75, 3.05) is 6.61 Å². The molecule has 0 aliphatic carbocycles. The number of rotatable bonds is 2. The fraction of sp³-hybridized carbons (Fsp3) is 0.417. The molecule has 4 nitrogen and oxygen atoms in total. The first-order valence-electron chi connectivity index (χ1n) is 5.13. The summed E-state index contributed by atoms with van der Waals surface area (Å²) in [5.74, 6) is 0.860. The van der Waals surface area contributed by atoms with Gasteiger partial charge in [0.05, 0.1) is 0 Å². The molecular weight excluding hydrogens is 208 g/mol. The quantitative estimate of drug-likeness (QED) is 0.816. The first kappa shape index (κ1) is 11.0. The summed E-state index contributed by atoms with van der Waals surface area (Å²) in [7, 11) is 0. The Morgan fingerprint density at radius 1 is 1.44 bits per heavy atom. The van der Waals surface area contributed by atoms with Crippen LogP contribution in [0.1, 0.15) is 13.8 Å². The monoisotopic (exact) mass is 222 g/mol. The molecule has 0 spiro atoms. The van der Waals surface area contributed by atoms with Crippen LogP contribution >= 0.6 is 0 Å². The Hall–Kier alpha value is -1.55. The fourth-order valence-corrected chi connectivity index (χ4v) is 1.52. The minimum atomic E-state index is -1.52. The highest BCUT2D eigenvalue weighted by atomic mass is 16.6. The number of hydrogen-bond acceptors (Lipinski definition) is 4. The molecule has 0 fully saturated rings. The molecule has 2 rings (SSSR count). The molecule has 0 saturated heterocycles. The van der Waals surface area contributed by atoms with Gasteiger partial charge in [-0.2, -0.15) is 0 Å². The van der Waals surface area contributed by atoms with Crippen LogP contribution < -0.4 is 9.47 Å². The van der Waals surface area contributed by atoms with Gasteiger partial charge in [-0.25, -0.2) is 0 Å². The van der Waals surface area contributed by atoms with E-state index in [1.807, 2.05) is 12.1 Å². The number of carbonyl (C=O) groups excluding carboxylic acids is 1. The van der Waals surface area contributed by atoms with Crippen molar-refractivity contribution >= 4 is 5.78 Å². The largest absolute Gasteiger partial charge is 0.486 e. The third kappa shape index (κ3) is 1.76. The van der Waals surface area contributed by atoms with E-state index in [4.69, 9.17) is 9.47 Å². The number of ketones is 1. The molecule has 16 heavy (non-hydrogen) atoms. The molecule has 1 aliphatic rings. The van der Waals surface area contributed by atoms with E-state index in [-0.39, 0.29) is 12.4 Å². The highest BCUT2D eigenvalue weighted by Gasteiger charge is 2.41. The van der Waals surface area contributed by atoms with Crippen molar-refractivity contribution in [1.82, 2.24) is 0 Å². The normalized spacial score (nSPS) is 22.3. The molecule has 0 bridgehead atoms. The maximum Gasteiger partial charge on any atom is 0.168 e. The molecular formula is C12H14O4. The van der Waals surface area contributed by atoms with E-state index in [1.165, 1.54) is 13.8 Å². The van der Waals surface area contributed by atoms with Crippen LogP contribution in [0.4, 0.5) is 0 Å². The van der Waals surface area contributed by atoms with Gasteiger partial charge in [0.15, 0.2) is 29.0 Å². The van der Waals surface area contributed by atoms with Crippen LogP contribution in [0.25, 0.3) is 0 Å². The third-order valence-corrected chi connectivity index (χ3v) is 2.85. The Balaban J connectivity index is 2.23. The molecule has 1 aromatic rings. The third-order valence-electron chi connectivity index (χ3n) is 2.85. The van der Waals surface area contributed by atoms with Crippen molar-refractivity contribution in [1.29, 1.82) is 0 Å². The van der Waals surface area contributed by atoms with E-state index in [1.54, 1.807) is 12.1 Å². The summed E-state index contributed by atoms with van der Waals surface area (Å²) < 4.78 is 11.0. The van der Waals surface area contributed by atoms with Gasteiger partial charge < -0.3 is 14.6 Å². The second kappa shape index (κ2) is 3.79. The van der Waals surface area contributed by atoms with Crippen LogP contribution in [0, 0.1) is 0 Å². The molecule has 0 unspecified atom stereocenters. The van der Waals surface area contributed by atoms with Crippen LogP contribution in [0.5, 0.6) is 11.5 Å². The smallest absolute Gasteiger partial charge is 0.168 e. The maximum atomic E-state index is 11.3. The molecule has 1 aliphatic heterocycles. The van der Waals surface area contributed by atoms with Gasteiger partial charge in [-0.3, -0.25) is 4.79 Å². The molecule has 0 aromatic heterocycles. The van der Waals surface area contributed by atoms with Gasteiger partial charge in [0.1, 0.15) is 6.61 Å². The van der Waals surface area contributed by atoms with E-state index < -0.39 is 11.7 Å². The van der Waals surface area contributed by atoms with E-state index in [9.17, 15) is 9.90 Å². The van der Waals surface area contributed by atoms with Crippen LogP contribution in [0.15, 0.2) is 24.3 Å². The van der Waals surface area contributed by atoms with Gasteiger partial charge in [0, 0.05) is 0 Å². The molecule has 1 N–H and O–H groups in total. The topological polar surface area (TPSA) is 55.8 Å². The Morgan fingerprint density at radius 3 is 2.69 bits per heavy atom. The summed E-state index contributed by atoms with van der Waals surface area (Å²) >= 11 is 0. The number of carbonyl (C=O) groups is 1. The Kier molecular flexibility index (Phi) is 2.59. The molecule has 4 heteroatoms. The van der Waals surface area contributed by atoms with E-state index in [2.05, 4.69) is 0 Å². The summed E-state index contributed by atoms with van der Waals surface area (Å²) in [5.41, 5.74) is -1.52. The van der Waals surface area contributed by atoms with Gasteiger partial charge >= 0.3 is 0 Å². The standard InChI is InChI=1S/C12H14O4/c1-8(13)12(2,14)11-7-15-9-5-3-4-6-10(9)16-11/h3-6,11,14H,7H2,1-2H3/t11-,12+/m1/s1. The summed E-state index contributed by atoms with van der Waals surface area (Å²) in [5, 5.41) is 9.99. The lowest BCUT2D eigenvalue weighted by Gasteiger charge is -2.34. The number of para-hydroxylation sites is 2. The molecule has 0 radical (unpaired) electrons. The van der Waals surface area contributed by atoms with Crippen molar-refractivity contribution in [2.45, 2.75) is 25.6 Å². The highest BCUT2D eigenvalue weighted by molar-refractivity contribution is 5.85. The number of Topliss-reactive ketones (excluding diaryl/α,β-unsaturated/α-hetero) is 1. The lowest BCUT2D eigenvalue weighted by molar-refractivity contribution is -0.146. The first-order valence-corrected chi connectivity index (χ1v) is 5.13. The molecule has 1 aromatic carbocycles. The SMILES string of the molecule is CC(=O)[C@](C)(O)[C@H]1COc2ccccc2O1. The summed E-state index contributed by atoms with van der Waals surface area (Å²) in [4.78, 5) is 11.3. The van der Waals surface area contributed by atoms with Crippen LogP contribution in [-0.2, 0) is 4.79 Å². The molecule has 0 amide bonds. The summed E-state index contributed by atoms with van der Waals surface area (Å²) in [6, 6.07) is 7.18. The zero-order valence-corrected chi connectivity index (χ0v) is 9.27. The predicted molar refractivity (Wildman–Crippen MR) is 57.7 cm³/mol. The highest BCUT2D eigenvalue weighted by Crippen LogP contribution is 2.33. The van der Waals surface area contributed by atoms with Crippen molar-refractivity contribution in [2.24, 2.45) is 0 Å². The van der Waals surface area contributed by atoms with Crippen molar-refractivity contribution < 1.29 is 19.4 Å². The van der Waals surface area contributed by atoms with Gasteiger partial charge in [-0.1, -0.05) is 12.1 Å². The van der Waals surface area contributed by atoms with E-state index in [0.717, 1.165) is 0 Å². The number of fused-ring (bicyclic) bond motifs is 1. The first-order chi connectivity index (χ1) is 7.51. The van der Waals surface area contributed by atoms with Gasteiger partial charge in [0.2, 0.25) is 0 Å². The fourth-order valence-electron chi connectivity index (χ4n) is 1.52.